The summed E-state index contributed by atoms with van der Waals surface area (Å²) in [4.78, 5) is 2.00. The van der Waals surface area contributed by atoms with E-state index >= 15 is 0 Å². The van der Waals surface area contributed by atoms with Gasteiger partial charge in [0.2, 0.25) is 6.43 Å². The van der Waals surface area contributed by atoms with E-state index in [1.807, 2.05) is 4.90 Å². The first kappa shape index (κ1) is 13.2. The number of benzene rings is 1. The Morgan fingerprint density at radius 1 is 1.17 bits per heavy atom. The maximum absolute atomic E-state index is 13.0. The van der Waals surface area contributed by atoms with Gasteiger partial charge in [-0.2, -0.15) is 0 Å². The van der Waals surface area contributed by atoms with E-state index in [0.717, 1.165) is 5.69 Å². The number of rotatable bonds is 3. The van der Waals surface area contributed by atoms with E-state index in [2.05, 4.69) is 0 Å². The summed E-state index contributed by atoms with van der Waals surface area (Å²) in [7, 11) is 0. The lowest BCUT2D eigenvalue weighted by atomic mass is 9.78. The van der Waals surface area contributed by atoms with Crippen LogP contribution in [0.2, 0.25) is 0 Å². The van der Waals surface area contributed by atoms with Crippen LogP contribution in [0.15, 0.2) is 24.3 Å². The zero-order valence-electron chi connectivity index (χ0n) is 10.1. The third-order valence-corrected chi connectivity index (χ3v) is 3.82. The van der Waals surface area contributed by atoms with Crippen molar-refractivity contribution in [3.05, 3.63) is 30.1 Å². The van der Waals surface area contributed by atoms with Gasteiger partial charge in [0.25, 0.3) is 0 Å². The summed E-state index contributed by atoms with van der Waals surface area (Å²) in [6.45, 7) is 1.09. The van der Waals surface area contributed by atoms with Gasteiger partial charge in [-0.05, 0) is 37.1 Å². The van der Waals surface area contributed by atoms with Crippen LogP contribution in [0.25, 0.3) is 0 Å². The fourth-order valence-electron chi connectivity index (χ4n) is 2.37. The minimum Gasteiger partial charge on any atom is -0.371 e. The van der Waals surface area contributed by atoms with Crippen LogP contribution in [-0.4, -0.2) is 26.1 Å². The monoisotopic (exact) mass is 258 g/mol. The molecule has 1 aromatic rings. The van der Waals surface area contributed by atoms with Crippen molar-refractivity contribution in [3.8, 4) is 0 Å². The highest BCUT2D eigenvalue weighted by Gasteiger charge is 2.41. The second-order valence-electron chi connectivity index (χ2n) is 4.83. The SMILES string of the molecule is NCC1(C(F)F)CCN(c2ccc(F)cc2)CC1. The van der Waals surface area contributed by atoms with Gasteiger partial charge in [0.15, 0.2) is 0 Å². The third kappa shape index (κ3) is 2.46. The lowest BCUT2D eigenvalue weighted by Crippen LogP contribution is -2.48. The summed E-state index contributed by atoms with van der Waals surface area (Å²) in [5, 5.41) is 0. The molecule has 0 aromatic heterocycles. The number of nitrogens with two attached hydrogens (primary N) is 1. The van der Waals surface area contributed by atoms with E-state index in [0.29, 0.717) is 25.9 Å². The summed E-state index contributed by atoms with van der Waals surface area (Å²) in [6, 6.07) is 6.11. The minimum atomic E-state index is -2.38. The molecule has 1 saturated heterocycles. The normalized spacial score (nSPS) is 19.3. The third-order valence-electron chi connectivity index (χ3n) is 3.82. The summed E-state index contributed by atoms with van der Waals surface area (Å²) in [5.41, 5.74) is 5.32. The first-order chi connectivity index (χ1) is 8.57. The van der Waals surface area contributed by atoms with Crippen LogP contribution in [0.5, 0.6) is 0 Å². The summed E-state index contributed by atoms with van der Waals surface area (Å²) < 4.78 is 38.8. The van der Waals surface area contributed by atoms with Crippen molar-refractivity contribution in [2.24, 2.45) is 11.1 Å². The fourth-order valence-corrected chi connectivity index (χ4v) is 2.37. The molecule has 2 N–H and O–H groups in total. The summed E-state index contributed by atoms with van der Waals surface area (Å²) >= 11 is 0. The number of hydrogen-bond donors (Lipinski definition) is 1. The van der Waals surface area contributed by atoms with Gasteiger partial charge in [-0.25, -0.2) is 13.2 Å². The van der Waals surface area contributed by atoms with Crippen molar-refractivity contribution in [3.63, 3.8) is 0 Å². The average Bonchev–Trinajstić information content (AvgIpc) is 2.39. The lowest BCUT2D eigenvalue weighted by Gasteiger charge is -2.41. The van der Waals surface area contributed by atoms with Crippen molar-refractivity contribution in [1.82, 2.24) is 0 Å². The van der Waals surface area contributed by atoms with Crippen LogP contribution >= 0.6 is 0 Å². The molecule has 1 aliphatic heterocycles. The van der Waals surface area contributed by atoms with Crippen LogP contribution < -0.4 is 10.6 Å². The van der Waals surface area contributed by atoms with Crippen molar-refractivity contribution in [2.75, 3.05) is 24.5 Å². The van der Waals surface area contributed by atoms with Gasteiger partial charge < -0.3 is 10.6 Å². The maximum Gasteiger partial charge on any atom is 0.245 e. The molecule has 2 nitrogen and oxygen atoms in total. The van der Waals surface area contributed by atoms with Gasteiger partial charge in [0.05, 0.1) is 0 Å². The molecule has 2 rings (SSSR count). The first-order valence-corrected chi connectivity index (χ1v) is 6.06. The second kappa shape index (κ2) is 5.18. The molecule has 0 amide bonds. The van der Waals surface area contributed by atoms with E-state index in [9.17, 15) is 13.2 Å². The van der Waals surface area contributed by atoms with E-state index < -0.39 is 11.8 Å². The Morgan fingerprint density at radius 3 is 2.17 bits per heavy atom. The van der Waals surface area contributed by atoms with Crippen molar-refractivity contribution >= 4 is 5.69 Å². The molecule has 1 fully saturated rings. The van der Waals surface area contributed by atoms with Gasteiger partial charge >= 0.3 is 0 Å². The van der Waals surface area contributed by atoms with Gasteiger partial charge in [0, 0.05) is 30.7 Å². The number of halogens is 3. The van der Waals surface area contributed by atoms with E-state index in [-0.39, 0.29) is 12.4 Å². The number of hydrogen-bond acceptors (Lipinski definition) is 2. The molecule has 0 unspecified atom stereocenters. The minimum absolute atomic E-state index is 0.0158. The fraction of sp³-hybridized carbons (Fsp3) is 0.538. The van der Waals surface area contributed by atoms with Crippen molar-refractivity contribution in [1.29, 1.82) is 0 Å². The zero-order valence-corrected chi connectivity index (χ0v) is 10.1. The molecule has 100 valence electrons. The Morgan fingerprint density at radius 2 is 1.72 bits per heavy atom. The Kier molecular flexibility index (Phi) is 3.80. The van der Waals surface area contributed by atoms with E-state index in [1.54, 1.807) is 12.1 Å². The molecule has 1 aliphatic rings. The van der Waals surface area contributed by atoms with Gasteiger partial charge in [-0.1, -0.05) is 0 Å². The quantitative estimate of drug-likeness (QED) is 0.903. The summed E-state index contributed by atoms with van der Waals surface area (Å²) in [5.74, 6) is -0.292. The van der Waals surface area contributed by atoms with Gasteiger partial charge in [-0.3, -0.25) is 0 Å². The molecule has 0 bridgehead atoms. The number of anilines is 1. The van der Waals surface area contributed by atoms with Gasteiger partial charge in [-0.15, -0.1) is 0 Å². The zero-order chi connectivity index (χ0) is 13.2. The predicted octanol–water partition coefficient (Wildman–Crippen LogP) is 2.64. The molecule has 0 spiro atoms. The Labute approximate surface area is 105 Å². The molecule has 0 atom stereocenters. The molecule has 0 radical (unpaired) electrons. The molecular formula is C13H17F3N2. The standard InChI is InChI=1S/C13H17F3N2/c14-10-1-3-11(4-2-10)18-7-5-13(9-17,6-8-18)12(15)16/h1-4,12H,5-9,17H2. The predicted molar refractivity (Wildman–Crippen MR) is 65.3 cm³/mol. The largest absolute Gasteiger partial charge is 0.371 e. The Balaban J connectivity index is 2.04. The van der Waals surface area contributed by atoms with Crippen molar-refractivity contribution in [2.45, 2.75) is 19.3 Å². The molecule has 0 aliphatic carbocycles. The van der Waals surface area contributed by atoms with E-state index in [4.69, 9.17) is 5.73 Å². The smallest absolute Gasteiger partial charge is 0.245 e. The second-order valence-corrected chi connectivity index (χ2v) is 4.83. The molecule has 5 heteroatoms. The molecular weight excluding hydrogens is 241 g/mol. The van der Waals surface area contributed by atoms with E-state index in [1.165, 1.54) is 12.1 Å². The van der Waals surface area contributed by atoms with Crippen LogP contribution in [0.4, 0.5) is 18.9 Å². The highest BCUT2D eigenvalue weighted by Crippen LogP contribution is 2.37. The first-order valence-electron chi connectivity index (χ1n) is 6.06. The molecule has 18 heavy (non-hydrogen) atoms. The highest BCUT2D eigenvalue weighted by atomic mass is 19.3. The molecule has 0 saturated carbocycles. The molecule has 1 heterocycles. The maximum atomic E-state index is 13.0. The number of alkyl halides is 2. The van der Waals surface area contributed by atoms with Gasteiger partial charge in [0.1, 0.15) is 5.82 Å². The van der Waals surface area contributed by atoms with Crippen LogP contribution in [0, 0.1) is 11.2 Å². The topological polar surface area (TPSA) is 29.3 Å². The number of piperidine rings is 1. The Hall–Kier alpha value is -1.23. The highest BCUT2D eigenvalue weighted by molar-refractivity contribution is 5.46. The van der Waals surface area contributed by atoms with Crippen LogP contribution in [-0.2, 0) is 0 Å². The van der Waals surface area contributed by atoms with Crippen LogP contribution in [0.3, 0.4) is 0 Å². The lowest BCUT2D eigenvalue weighted by molar-refractivity contribution is -0.0160. The molecule has 1 aromatic carbocycles. The van der Waals surface area contributed by atoms with Crippen molar-refractivity contribution < 1.29 is 13.2 Å². The average molecular weight is 258 g/mol. The summed E-state index contributed by atoms with van der Waals surface area (Å²) in [6.07, 6.45) is -1.63. The number of nitrogens with zero attached hydrogens (tertiary/aromatic N) is 1. The Bertz CT molecular complexity index is 384. The van der Waals surface area contributed by atoms with Crippen LogP contribution in [0.1, 0.15) is 12.8 Å².